The van der Waals surface area contributed by atoms with Gasteiger partial charge in [-0.3, -0.25) is 14.2 Å². The van der Waals surface area contributed by atoms with Crippen molar-refractivity contribution in [1.82, 2.24) is 9.55 Å². The number of fused-ring (bicyclic) bond motifs is 1. The standard InChI is InChI=1S/C19H17ClN4O2S2/c1-11(2)9-24-18(26)14-4-3-13(20)7-15(14)22-19(24)28-10-16(25)23-17-12(8-21)5-6-27-17/h3-7,11H,9-10H2,1-2H3,(H,23,25). The van der Waals surface area contributed by atoms with Gasteiger partial charge in [0.15, 0.2) is 5.16 Å². The van der Waals surface area contributed by atoms with Crippen LogP contribution < -0.4 is 10.9 Å². The van der Waals surface area contributed by atoms with E-state index in [9.17, 15) is 9.59 Å². The van der Waals surface area contributed by atoms with E-state index in [1.165, 1.54) is 23.1 Å². The van der Waals surface area contributed by atoms with Crippen LogP contribution >= 0.6 is 34.7 Å². The van der Waals surface area contributed by atoms with E-state index >= 15 is 0 Å². The number of aromatic nitrogens is 2. The minimum absolute atomic E-state index is 0.0688. The summed E-state index contributed by atoms with van der Waals surface area (Å²) in [6, 6.07) is 8.68. The Hall–Kier alpha value is -2.34. The highest BCUT2D eigenvalue weighted by Gasteiger charge is 2.15. The van der Waals surface area contributed by atoms with E-state index in [1.54, 1.807) is 34.2 Å². The fourth-order valence-electron chi connectivity index (χ4n) is 2.60. The maximum absolute atomic E-state index is 12.9. The van der Waals surface area contributed by atoms with Crippen LogP contribution in [0.5, 0.6) is 0 Å². The normalized spacial score (nSPS) is 11.0. The molecule has 144 valence electrons. The molecular weight excluding hydrogens is 416 g/mol. The molecule has 0 saturated carbocycles. The summed E-state index contributed by atoms with van der Waals surface area (Å²) >= 11 is 8.52. The number of nitrogens with one attached hydrogen (secondary N) is 1. The first-order chi connectivity index (χ1) is 13.4. The highest BCUT2D eigenvalue weighted by Crippen LogP contribution is 2.24. The lowest BCUT2D eigenvalue weighted by molar-refractivity contribution is -0.113. The number of thioether (sulfide) groups is 1. The summed E-state index contributed by atoms with van der Waals surface area (Å²) in [4.78, 5) is 29.8. The number of thiophene rings is 1. The molecule has 0 aliphatic carbocycles. The molecule has 3 rings (SSSR count). The van der Waals surface area contributed by atoms with Crippen molar-refractivity contribution in [3.05, 3.63) is 50.6 Å². The van der Waals surface area contributed by atoms with Crippen molar-refractivity contribution in [2.24, 2.45) is 5.92 Å². The van der Waals surface area contributed by atoms with E-state index in [0.717, 1.165) is 0 Å². The van der Waals surface area contributed by atoms with E-state index in [0.29, 0.717) is 38.2 Å². The second-order valence-electron chi connectivity index (χ2n) is 6.48. The van der Waals surface area contributed by atoms with Crippen molar-refractivity contribution in [2.45, 2.75) is 25.5 Å². The first-order valence-electron chi connectivity index (χ1n) is 8.49. The molecule has 2 aromatic heterocycles. The number of anilines is 1. The summed E-state index contributed by atoms with van der Waals surface area (Å²) in [5, 5.41) is 15.5. The Morgan fingerprint density at radius 2 is 2.21 bits per heavy atom. The predicted octanol–water partition coefficient (Wildman–Crippen LogP) is 4.37. The van der Waals surface area contributed by atoms with Gasteiger partial charge in [-0.15, -0.1) is 11.3 Å². The summed E-state index contributed by atoms with van der Waals surface area (Å²) in [5.74, 6) is 0.0431. The Balaban J connectivity index is 1.87. The summed E-state index contributed by atoms with van der Waals surface area (Å²) in [7, 11) is 0. The van der Waals surface area contributed by atoms with Gasteiger partial charge in [0.1, 0.15) is 11.1 Å². The molecule has 1 amide bonds. The molecule has 2 heterocycles. The zero-order valence-electron chi connectivity index (χ0n) is 15.2. The number of benzene rings is 1. The minimum atomic E-state index is -0.263. The van der Waals surface area contributed by atoms with Gasteiger partial charge in [-0.05, 0) is 35.6 Å². The number of hydrogen-bond acceptors (Lipinski definition) is 6. The molecule has 0 spiro atoms. The van der Waals surface area contributed by atoms with Gasteiger partial charge < -0.3 is 5.32 Å². The Morgan fingerprint density at radius 1 is 1.43 bits per heavy atom. The fraction of sp³-hybridized carbons (Fsp3) is 0.263. The highest BCUT2D eigenvalue weighted by atomic mass is 35.5. The van der Waals surface area contributed by atoms with E-state index in [2.05, 4.69) is 10.3 Å². The fourth-order valence-corrected chi connectivity index (χ4v) is 4.33. The lowest BCUT2D eigenvalue weighted by Gasteiger charge is -2.15. The van der Waals surface area contributed by atoms with Gasteiger partial charge in [0.25, 0.3) is 5.56 Å². The largest absolute Gasteiger partial charge is 0.316 e. The van der Waals surface area contributed by atoms with Gasteiger partial charge in [-0.1, -0.05) is 37.2 Å². The second-order valence-corrected chi connectivity index (χ2v) is 8.77. The molecule has 0 bridgehead atoms. The predicted molar refractivity (Wildman–Crippen MR) is 114 cm³/mol. The number of rotatable bonds is 6. The van der Waals surface area contributed by atoms with Crippen LogP contribution in [0.1, 0.15) is 19.4 Å². The zero-order valence-corrected chi connectivity index (χ0v) is 17.6. The van der Waals surface area contributed by atoms with Gasteiger partial charge >= 0.3 is 0 Å². The monoisotopic (exact) mass is 432 g/mol. The van der Waals surface area contributed by atoms with Gasteiger partial charge in [0.05, 0.1) is 22.2 Å². The van der Waals surface area contributed by atoms with Crippen LogP contribution in [0.2, 0.25) is 5.02 Å². The molecule has 1 N–H and O–H groups in total. The quantitative estimate of drug-likeness (QED) is 0.461. The maximum Gasteiger partial charge on any atom is 0.262 e. The number of hydrogen-bond donors (Lipinski definition) is 1. The lowest BCUT2D eigenvalue weighted by atomic mass is 10.2. The van der Waals surface area contributed by atoms with Gasteiger partial charge in [-0.25, -0.2) is 4.98 Å². The van der Waals surface area contributed by atoms with Crippen LogP contribution in [0.15, 0.2) is 39.6 Å². The topological polar surface area (TPSA) is 87.8 Å². The van der Waals surface area contributed by atoms with Crippen LogP contribution in [0, 0.1) is 17.2 Å². The highest BCUT2D eigenvalue weighted by molar-refractivity contribution is 7.99. The summed E-state index contributed by atoms with van der Waals surface area (Å²) in [6.07, 6.45) is 0. The van der Waals surface area contributed by atoms with Crippen molar-refractivity contribution in [2.75, 3.05) is 11.1 Å². The Morgan fingerprint density at radius 3 is 2.93 bits per heavy atom. The minimum Gasteiger partial charge on any atom is -0.316 e. The molecule has 6 nitrogen and oxygen atoms in total. The number of carbonyl (C=O) groups excluding carboxylic acids is 1. The molecule has 0 atom stereocenters. The van der Waals surface area contributed by atoms with Crippen LogP contribution in [0.4, 0.5) is 5.00 Å². The Labute approximate surface area is 175 Å². The van der Waals surface area contributed by atoms with Crippen LogP contribution in [0.25, 0.3) is 10.9 Å². The van der Waals surface area contributed by atoms with Crippen molar-refractivity contribution >= 4 is 56.5 Å². The molecule has 0 radical (unpaired) electrons. The first kappa shape index (κ1) is 20.4. The molecule has 0 saturated heterocycles. The molecule has 3 aromatic rings. The second kappa shape index (κ2) is 8.78. The Bertz CT molecular complexity index is 1130. The summed E-state index contributed by atoms with van der Waals surface area (Å²) < 4.78 is 1.60. The summed E-state index contributed by atoms with van der Waals surface area (Å²) in [5.41, 5.74) is 0.785. The van der Waals surface area contributed by atoms with Crippen LogP contribution in [-0.4, -0.2) is 21.2 Å². The summed E-state index contributed by atoms with van der Waals surface area (Å²) in [6.45, 7) is 4.53. The number of amides is 1. The Kier molecular flexibility index (Phi) is 6.39. The van der Waals surface area contributed by atoms with Crippen molar-refractivity contribution in [3.8, 4) is 6.07 Å². The van der Waals surface area contributed by atoms with Crippen LogP contribution in [0.3, 0.4) is 0 Å². The zero-order chi connectivity index (χ0) is 20.3. The molecule has 0 unspecified atom stereocenters. The molecule has 0 fully saturated rings. The van der Waals surface area contributed by atoms with E-state index in [4.69, 9.17) is 16.9 Å². The third kappa shape index (κ3) is 4.55. The van der Waals surface area contributed by atoms with Gasteiger partial charge in [-0.2, -0.15) is 5.26 Å². The van der Waals surface area contributed by atoms with Crippen LogP contribution in [-0.2, 0) is 11.3 Å². The number of nitriles is 1. The van der Waals surface area contributed by atoms with E-state index in [1.807, 2.05) is 19.9 Å². The lowest BCUT2D eigenvalue weighted by Crippen LogP contribution is -2.26. The number of nitrogens with zero attached hydrogens (tertiary/aromatic N) is 3. The number of halogens is 1. The molecule has 0 aliphatic rings. The number of carbonyl (C=O) groups is 1. The molecule has 9 heteroatoms. The van der Waals surface area contributed by atoms with E-state index in [-0.39, 0.29) is 23.1 Å². The third-order valence-electron chi connectivity index (χ3n) is 3.80. The molecule has 28 heavy (non-hydrogen) atoms. The third-order valence-corrected chi connectivity index (χ3v) is 5.84. The van der Waals surface area contributed by atoms with E-state index < -0.39 is 0 Å². The average Bonchev–Trinajstić information content (AvgIpc) is 3.09. The first-order valence-corrected chi connectivity index (χ1v) is 10.7. The smallest absolute Gasteiger partial charge is 0.262 e. The van der Waals surface area contributed by atoms with Crippen molar-refractivity contribution < 1.29 is 4.79 Å². The maximum atomic E-state index is 12.9. The molecule has 0 aliphatic heterocycles. The van der Waals surface area contributed by atoms with Crippen molar-refractivity contribution in [3.63, 3.8) is 0 Å². The molecule has 1 aromatic carbocycles. The van der Waals surface area contributed by atoms with Crippen molar-refractivity contribution in [1.29, 1.82) is 5.26 Å². The SMILES string of the molecule is CC(C)Cn1c(SCC(=O)Nc2sccc2C#N)nc2cc(Cl)ccc2c1=O. The average molecular weight is 433 g/mol. The van der Waals surface area contributed by atoms with Gasteiger partial charge in [0, 0.05) is 11.6 Å². The van der Waals surface area contributed by atoms with Gasteiger partial charge in [0.2, 0.25) is 5.91 Å². The molecular formula is C19H17ClN4O2S2.